The molecule has 0 bridgehead atoms. The zero-order valence-corrected chi connectivity index (χ0v) is 20.4. The average molecular weight is 471 g/mol. The summed E-state index contributed by atoms with van der Waals surface area (Å²) in [4.78, 5) is 31.6. The van der Waals surface area contributed by atoms with Gasteiger partial charge in [-0.25, -0.2) is 14.8 Å². The lowest BCUT2D eigenvalue weighted by atomic mass is 9.62. The van der Waals surface area contributed by atoms with Crippen molar-refractivity contribution in [3.8, 4) is 22.6 Å². The molecule has 6 rings (SSSR count). The monoisotopic (exact) mass is 470 g/mol. The van der Waals surface area contributed by atoms with Crippen molar-refractivity contribution in [2.75, 3.05) is 0 Å². The van der Waals surface area contributed by atoms with Gasteiger partial charge < -0.3 is 4.79 Å². The fourth-order valence-corrected chi connectivity index (χ4v) is 6.20. The molecule has 0 spiro atoms. The molecule has 176 valence electrons. The highest BCUT2D eigenvalue weighted by molar-refractivity contribution is 6.00. The second-order valence-electron chi connectivity index (χ2n) is 10.0. The Bertz CT molecular complexity index is 1580. The number of benzene rings is 2. The van der Waals surface area contributed by atoms with Gasteiger partial charge in [0.2, 0.25) is 5.70 Å². The minimum absolute atomic E-state index is 0.0476. The third kappa shape index (κ3) is 3.37. The molecule has 4 aromatic rings. The molecule has 3 atom stereocenters. The Morgan fingerprint density at radius 2 is 1.86 bits per heavy atom. The van der Waals surface area contributed by atoms with Crippen molar-refractivity contribution in [2.45, 2.75) is 38.5 Å². The average Bonchev–Trinajstić information content (AvgIpc) is 3.07. The van der Waals surface area contributed by atoms with Crippen LogP contribution in [0.1, 0.15) is 37.9 Å². The number of Topliss-reactive ketones (excluding diaryl/α,β-unsaturated/α-hetero) is 1. The molecule has 0 unspecified atom stereocenters. The zero-order chi connectivity index (χ0) is 24.9. The van der Waals surface area contributed by atoms with Crippen LogP contribution in [0.4, 0.5) is 0 Å². The Balaban J connectivity index is 1.70. The van der Waals surface area contributed by atoms with Crippen molar-refractivity contribution in [1.29, 1.82) is 0 Å². The van der Waals surface area contributed by atoms with Crippen LogP contribution in [-0.2, 0) is 16.6 Å². The number of fused-ring (bicyclic) bond motifs is 4. The number of aromatic nitrogens is 3. The first-order valence-electron chi connectivity index (χ1n) is 12.5. The number of hydrogen-bond acceptors (Lipinski definition) is 4. The van der Waals surface area contributed by atoms with Crippen LogP contribution in [0, 0.1) is 18.4 Å². The maximum Gasteiger partial charge on any atom is 0.226 e. The molecular weight excluding hydrogens is 444 g/mol. The van der Waals surface area contributed by atoms with Gasteiger partial charge in [-0.3, -0.25) is 4.98 Å². The van der Waals surface area contributed by atoms with E-state index >= 15 is 0 Å². The lowest BCUT2D eigenvalue weighted by Gasteiger charge is -2.41. The van der Waals surface area contributed by atoms with Crippen molar-refractivity contribution >= 4 is 16.7 Å². The van der Waals surface area contributed by atoms with E-state index in [0.717, 1.165) is 58.2 Å². The fraction of sp³-hybridized carbons (Fsp3) is 0.258. The minimum atomic E-state index is -0.539. The van der Waals surface area contributed by atoms with Crippen LogP contribution in [0.3, 0.4) is 0 Å². The molecule has 36 heavy (non-hydrogen) atoms. The molecule has 5 heteroatoms. The molecule has 0 saturated heterocycles. The Labute approximate surface area is 210 Å². The SMILES string of the molecule is [C-]#[N+]C1=C[C@@]2(C)c3nc(-c4cccc5ncccc45)nc(-c4ccccc4)c3CCC[C@@H]2[C@@H](C)C1=O. The van der Waals surface area contributed by atoms with Gasteiger partial charge in [0.1, 0.15) is 0 Å². The largest absolute Gasteiger partial charge is 0.308 e. The molecule has 0 N–H and O–H groups in total. The summed E-state index contributed by atoms with van der Waals surface area (Å²) in [5.41, 5.74) is 5.55. The van der Waals surface area contributed by atoms with Gasteiger partial charge in [-0.2, -0.15) is 0 Å². The summed E-state index contributed by atoms with van der Waals surface area (Å²) in [6.45, 7) is 11.8. The van der Waals surface area contributed by atoms with Crippen LogP contribution in [0.25, 0.3) is 38.4 Å². The summed E-state index contributed by atoms with van der Waals surface area (Å²) >= 11 is 0. The predicted molar refractivity (Wildman–Crippen MR) is 141 cm³/mol. The van der Waals surface area contributed by atoms with Gasteiger partial charge in [-0.1, -0.05) is 68.5 Å². The number of allylic oxidation sites excluding steroid dienone is 2. The molecule has 2 aromatic carbocycles. The van der Waals surface area contributed by atoms with Crippen molar-refractivity contribution in [3.63, 3.8) is 0 Å². The van der Waals surface area contributed by atoms with Gasteiger partial charge in [0.15, 0.2) is 11.6 Å². The van der Waals surface area contributed by atoms with E-state index < -0.39 is 5.41 Å². The molecule has 2 aliphatic rings. The molecule has 2 aromatic heterocycles. The third-order valence-electron chi connectivity index (χ3n) is 7.99. The second-order valence-corrected chi connectivity index (χ2v) is 10.0. The van der Waals surface area contributed by atoms with Crippen molar-refractivity contribution < 1.29 is 4.79 Å². The number of nitrogens with zero attached hydrogens (tertiary/aromatic N) is 4. The Hall–Kier alpha value is -4.17. The van der Waals surface area contributed by atoms with Crippen molar-refractivity contribution in [3.05, 3.63) is 101 Å². The molecular formula is C31H26N4O. The van der Waals surface area contributed by atoms with E-state index in [2.05, 4.69) is 35.0 Å². The van der Waals surface area contributed by atoms with Gasteiger partial charge in [-0.05, 0) is 37.3 Å². The standard InChI is InChI=1S/C31H26N4O/c1-19-24-15-7-13-23-27(20-10-5-4-6-11-20)34-30(22-12-8-16-25-21(22)14-9-17-33-25)35-29(23)31(24,2)18-26(32-3)28(19)36/h4-6,8-12,14,16-19,24H,7,13,15H2,1-2H3/t19-,24-,31-/m1/s1. The molecule has 2 heterocycles. The number of rotatable bonds is 2. The maximum atomic E-state index is 13.0. The van der Waals surface area contributed by atoms with Crippen LogP contribution in [0.2, 0.25) is 0 Å². The Kier molecular flexibility index (Phi) is 5.26. The Morgan fingerprint density at radius 1 is 1.03 bits per heavy atom. The number of carbonyl (C=O) groups excluding carboxylic acids is 1. The maximum absolute atomic E-state index is 13.0. The molecule has 0 amide bonds. The minimum Gasteiger partial charge on any atom is -0.308 e. The number of pyridine rings is 1. The first-order chi connectivity index (χ1) is 17.5. The zero-order valence-electron chi connectivity index (χ0n) is 20.4. The lowest BCUT2D eigenvalue weighted by Crippen LogP contribution is -2.42. The first kappa shape index (κ1) is 22.3. The van der Waals surface area contributed by atoms with Gasteiger partial charge in [0, 0.05) is 39.6 Å². The highest BCUT2D eigenvalue weighted by Crippen LogP contribution is 2.50. The number of ketones is 1. The predicted octanol–water partition coefficient (Wildman–Crippen LogP) is 6.59. The highest BCUT2D eigenvalue weighted by atomic mass is 16.1. The van der Waals surface area contributed by atoms with Crippen LogP contribution in [0.5, 0.6) is 0 Å². The number of hydrogen-bond donors (Lipinski definition) is 0. The summed E-state index contributed by atoms with van der Waals surface area (Å²) in [6.07, 6.45) is 6.39. The molecule has 0 saturated carbocycles. The van der Waals surface area contributed by atoms with Gasteiger partial charge >= 0.3 is 0 Å². The van der Waals surface area contributed by atoms with E-state index in [4.69, 9.17) is 16.5 Å². The lowest BCUT2D eigenvalue weighted by molar-refractivity contribution is -0.121. The quantitative estimate of drug-likeness (QED) is 0.310. The fourth-order valence-electron chi connectivity index (χ4n) is 6.20. The van der Waals surface area contributed by atoms with E-state index in [9.17, 15) is 4.79 Å². The molecule has 5 nitrogen and oxygen atoms in total. The summed E-state index contributed by atoms with van der Waals surface area (Å²) in [6, 6.07) is 20.3. The smallest absolute Gasteiger partial charge is 0.226 e. The van der Waals surface area contributed by atoms with Crippen LogP contribution in [-0.4, -0.2) is 20.7 Å². The van der Waals surface area contributed by atoms with Crippen LogP contribution >= 0.6 is 0 Å². The Morgan fingerprint density at radius 3 is 2.67 bits per heavy atom. The van der Waals surface area contributed by atoms with Crippen LogP contribution < -0.4 is 0 Å². The summed E-state index contributed by atoms with van der Waals surface area (Å²) < 4.78 is 0. The molecule has 0 radical (unpaired) electrons. The van der Waals surface area contributed by atoms with Gasteiger partial charge in [0.25, 0.3) is 0 Å². The highest BCUT2D eigenvalue weighted by Gasteiger charge is 2.48. The van der Waals surface area contributed by atoms with E-state index in [-0.39, 0.29) is 23.3 Å². The molecule has 2 aliphatic carbocycles. The third-order valence-corrected chi connectivity index (χ3v) is 7.99. The van der Waals surface area contributed by atoms with E-state index in [1.165, 1.54) is 0 Å². The van der Waals surface area contributed by atoms with Crippen LogP contribution in [0.15, 0.2) is 78.6 Å². The normalized spacial score (nSPS) is 23.2. The first-order valence-corrected chi connectivity index (χ1v) is 12.5. The van der Waals surface area contributed by atoms with Gasteiger partial charge in [0.05, 0.1) is 23.5 Å². The topological polar surface area (TPSA) is 60.1 Å². The summed E-state index contributed by atoms with van der Waals surface area (Å²) in [5.74, 6) is 0.455. The van der Waals surface area contributed by atoms with E-state index in [1.807, 2.05) is 55.5 Å². The van der Waals surface area contributed by atoms with E-state index in [1.54, 1.807) is 6.20 Å². The molecule has 0 fully saturated rings. The molecule has 0 aliphatic heterocycles. The van der Waals surface area contributed by atoms with Crippen molar-refractivity contribution in [1.82, 2.24) is 15.0 Å². The summed E-state index contributed by atoms with van der Waals surface area (Å²) in [7, 11) is 0. The number of carbonyl (C=O) groups is 1. The summed E-state index contributed by atoms with van der Waals surface area (Å²) in [5, 5.41) is 0.999. The van der Waals surface area contributed by atoms with E-state index in [0.29, 0.717) is 5.82 Å². The second kappa shape index (κ2) is 8.49. The van der Waals surface area contributed by atoms with Crippen molar-refractivity contribution in [2.24, 2.45) is 11.8 Å². The van der Waals surface area contributed by atoms with Gasteiger partial charge in [-0.15, -0.1) is 0 Å².